The van der Waals surface area contributed by atoms with E-state index < -0.39 is 5.97 Å². The molecule has 0 rings (SSSR count). The highest BCUT2D eigenvalue weighted by Crippen LogP contribution is 2.04. The zero-order chi connectivity index (χ0) is 14.4. The van der Waals surface area contributed by atoms with Crippen LogP contribution >= 0.6 is 0 Å². The second-order valence-corrected chi connectivity index (χ2v) is 3.83. The van der Waals surface area contributed by atoms with Gasteiger partial charge in [-0.1, -0.05) is 19.9 Å². The molecule has 0 bridgehead atoms. The Kier molecular flexibility index (Phi) is 14.5. The van der Waals surface area contributed by atoms with Gasteiger partial charge in [0.15, 0.2) is 0 Å². The molecule has 5 nitrogen and oxygen atoms in total. The van der Waals surface area contributed by atoms with E-state index in [1.54, 1.807) is 13.2 Å². The third-order valence-corrected chi connectivity index (χ3v) is 1.99. The second kappa shape index (κ2) is 13.7. The topological polar surface area (TPSA) is 72.8 Å². The van der Waals surface area contributed by atoms with E-state index in [0.717, 1.165) is 6.42 Å². The summed E-state index contributed by atoms with van der Waals surface area (Å²) >= 11 is 0. The van der Waals surface area contributed by atoms with Gasteiger partial charge < -0.3 is 14.6 Å². The van der Waals surface area contributed by atoms with Crippen LogP contribution in [0.5, 0.6) is 0 Å². The quantitative estimate of drug-likeness (QED) is 0.561. The molecule has 0 amide bonds. The monoisotopic (exact) mass is 260 g/mol. The standard InChI is InChI=1S/C7H14O3.C6H10O2/c1-6(5-10-2)3-4-7(8)9;1-3-4-5-6(7)8-2/h6H,3-5H2,1-2H3,(H,8,9);4-5H,3H2,1-2H3. The van der Waals surface area contributed by atoms with Crippen LogP contribution in [0.15, 0.2) is 12.2 Å². The Balaban J connectivity index is 0. The van der Waals surface area contributed by atoms with Crippen molar-refractivity contribution in [3.63, 3.8) is 0 Å². The molecule has 0 spiro atoms. The van der Waals surface area contributed by atoms with Crippen molar-refractivity contribution in [2.75, 3.05) is 20.8 Å². The maximum Gasteiger partial charge on any atom is 0.330 e. The number of aliphatic carboxylic acids is 1. The molecule has 106 valence electrons. The predicted octanol–water partition coefficient (Wildman–Crippen LogP) is 2.26. The molecular formula is C13H24O5. The number of carbonyl (C=O) groups is 2. The Morgan fingerprint density at radius 2 is 1.94 bits per heavy atom. The summed E-state index contributed by atoms with van der Waals surface area (Å²) in [4.78, 5) is 20.3. The number of carboxylic acids is 1. The lowest BCUT2D eigenvalue weighted by Crippen LogP contribution is -2.06. The SMILES string of the molecule is CCC=CC(=O)OC.COCC(C)CCC(=O)O. The molecule has 5 heteroatoms. The predicted molar refractivity (Wildman–Crippen MR) is 69.4 cm³/mol. The van der Waals surface area contributed by atoms with Crippen molar-refractivity contribution < 1.29 is 24.2 Å². The molecule has 0 saturated heterocycles. The van der Waals surface area contributed by atoms with Crippen LogP contribution in [0, 0.1) is 5.92 Å². The highest BCUT2D eigenvalue weighted by atomic mass is 16.5. The summed E-state index contributed by atoms with van der Waals surface area (Å²) in [6, 6.07) is 0. The maximum absolute atomic E-state index is 10.3. The van der Waals surface area contributed by atoms with Crippen molar-refractivity contribution in [1.29, 1.82) is 0 Å². The molecule has 0 aromatic rings. The van der Waals surface area contributed by atoms with E-state index in [1.165, 1.54) is 13.2 Å². The van der Waals surface area contributed by atoms with E-state index in [-0.39, 0.29) is 12.4 Å². The molecule has 1 unspecified atom stereocenters. The lowest BCUT2D eigenvalue weighted by atomic mass is 10.1. The minimum absolute atomic E-state index is 0.241. The van der Waals surface area contributed by atoms with Crippen LogP contribution in [0.2, 0.25) is 0 Å². The fraction of sp³-hybridized carbons (Fsp3) is 0.692. The Labute approximate surface area is 109 Å². The van der Waals surface area contributed by atoms with Crippen LogP contribution < -0.4 is 0 Å². The number of carboxylic acid groups (broad SMARTS) is 1. The third-order valence-electron chi connectivity index (χ3n) is 1.99. The van der Waals surface area contributed by atoms with Gasteiger partial charge in [-0.3, -0.25) is 4.79 Å². The summed E-state index contributed by atoms with van der Waals surface area (Å²) in [7, 11) is 2.99. The molecule has 18 heavy (non-hydrogen) atoms. The molecule has 0 aromatic heterocycles. The molecule has 0 fully saturated rings. The summed E-state index contributed by atoms with van der Waals surface area (Å²) in [5.74, 6) is -0.670. The number of methoxy groups -OCH3 is 2. The van der Waals surface area contributed by atoms with Crippen LogP contribution in [0.3, 0.4) is 0 Å². The molecule has 0 aliphatic carbocycles. The van der Waals surface area contributed by atoms with Crippen LogP contribution in [0.25, 0.3) is 0 Å². The average Bonchev–Trinajstić information content (AvgIpc) is 2.34. The minimum Gasteiger partial charge on any atom is -0.481 e. The van der Waals surface area contributed by atoms with Crippen molar-refractivity contribution in [2.24, 2.45) is 5.92 Å². The van der Waals surface area contributed by atoms with Gasteiger partial charge >= 0.3 is 11.9 Å². The summed E-state index contributed by atoms with van der Waals surface area (Å²) in [6.07, 6.45) is 4.98. The number of ether oxygens (including phenoxy) is 2. The number of carbonyl (C=O) groups excluding carboxylic acids is 1. The molecule has 0 aromatic carbocycles. The van der Waals surface area contributed by atoms with Gasteiger partial charge in [-0.05, 0) is 18.8 Å². The van der Waals surface area contributed by atoms with Crippen molar-refractivity contribution in [3.8, 4) is 0 Å². The maximum atomic E-state index is 10.3. The molecular weight excluding hydrogens is 236 g/mol. The summed E-state index contributed by atoms with van der Waals surface area (Å²) in [6.45, 7) is 4.58. The summed E-state index contributed by atoms with van der Waals surface area (Å²) in [5, 5.41) is 8.29. The van der Waals surface area contributed by atoms with Gasteiger partial charge in [-0.15, -0.1) is 0 Å². The van der Waals surface area contributed by atoms with Crippen molar-refractivity contribution >= 4 is 11.9 Å². The molecule has 0 aliphatic rings. The fourth-order valence-electron chi connectivity index (χ4n) is 1.02. The van der Waals surface area contributed by atoms with E-state index in [0.29, 0.717) is 18.9 Å². The van der Waals surface area contributed by atoms with Crippen LogP contribution in [-0.4, -0.2) is 37.9 Å². The Morgan fingerprint density at radius 1 is 1.33 bits per heavy atom. The average molecular weight is 260 g/mol. The number of allylic oxidation sites excluding steroid dienone is 1. The lowest BCUT2D eigenvalue weighted by Gasteiger charge is -2.06. The molecule has 1 atom stereocenters. The minimum atomic E-state index is -0.733. The zero-order valence-electron chi connectivity index (χ0n) is 11.6. The van der Waals surface area contributed by atoms with Gasteiger partial charge in [0, 0.05) is 26.2 Å². The number of hydrogen-bond donors (Lipinski definition) is 1. The lowest BCUT2D eigenvalue weighted by molar-refractivity contribution is -0.137. The molecule has 0 radical (unpaired) electrons. The molecule has 0 aliphatic heterocycles. The first-order chi connectivity index (χ1) is 8.47. The first kappa shape index (κ1) is 19.0. The normalized spacial score (nSPS) is 11.6. The third kappa shape index (κ3) is 17.0. The van der Waals surface area contributed by atoms with E-state index in [1.807, 2.05) is 13.8 Å². The smallest absolute Gasteiger partial charge is 0.330 e. The van der Waals surface area contributed by atoms with E-state index in [4.69, 9.17) is 9.84 Å². The van der Waals surface area contributed by atoms with Crippen LogP contribution in [-0.2, 0) is 19.1 Å². The van der Waals surface area contributed by atoms with Gasteiger partial charge in [-0.2, -0.15) is 0 Å². The van der Waals surface area contributed by atoms with Crippen LogP contribution in [0.1, 0.15) is 33.1 Å². The largest absolute Gasteiger partial charge is 0.481 e. The highest BCUT2D eigenvalue weighted by molar-refractivity contribution is 5.81. The van der Waals surface area contributed by atoms with Crippen molar-refractivity contribution in [1.82, 2.24) is 0 Å². The summed E-state index contributed by atoms with van der Waals surface area (Å²) in [5.41, 5.74) is 0. The Morgan fingerprint density at radius 3 is 2.33 bits per heavy atom. The Hall–Kier alpha value is -1.36. The highest BCUT2D eigenvalue weighted by Gasteiger charge is 2.03. The van der Waals surface area contributed by atoms with Crippen LogP contribution in [0.4, 0.5) is 0 Å². The van der Waals surface area contributed by atoms with E-state index >= 15 is 0 Å². The number of rotatable bonds is 7. The van der Waals surface area contributed by atoms with Gasteiger partial charge in [0.2, 0.25) is 0 Å². The van der Waals surface area contributed by atoms with Gasteiger partial charge in [0.1, 0.15) is 0 Å². The number of hydrogen-bond acceptors (Lipinski definition) is 4. The van der Waals surface area contributed by atoms with Crippen molar-refractivity contribution in [2.45, 2.75) is 33.1 Å². The van der Waals surface area contributed by atoms with Crippen molar-refractivity contribution in [3.05, 3.63) is 12.2 Å². The molecule has 0 heterocycles. The second-order valence-electron chi connectivity index (χ2n) is 3.83. The van der Waals surface area contributed by atoms with E-state index in [2.05, 4.69) is 4.74 Å². The molecule has 0 saturated carbocycles. The zero-order valence-corrected chi connectivity index (χ0v) is 11.6. The fourth-order valence-corrected chi connectivity index (χ4v) is 1.02. The Bertz CT molecular complexity index is 248. The first-order valence-corrected chi connectivity index (χ1v) is 5.93. The first-order valence-electron chi connectivity index (χ1n) is 5.93. The summed E-state index contributed by atoms with van der Waals surface area (Å²) < 4.78 is 9.17. The van der Waals surface area contributed by atoms with Gasteiger partial charge in [0.05, 0.1) is 7.11 Å². The van der Waals surface area contributed by atoms with E-state index in [9.17, 15) is 9.59 Å². The van der Waals surface area contributed by atoms with Gasteiger partial charge in [-0.25, -0.2) is 4.79 Å². The molecule has 1 N–H and O–H groups in total. The number of esters is 1. The van der Waals surface area contributed by atoms with Gasteiger partial charge in [0.25, 0.3) is 0 Å².